The molecular formula is C14H19NO4. The number of rotatable bonds is 5. The van der Waals surface area contributed by atoms with Gasteiger partial charge in [-0.3, -0.25) is 4.79 Å². The van der Waals surface area contributed by atoms with Crippen LogP contribution in [0.15, 0.2) is 18.2 Å². The maximum Gasteiger partial charge on any atom is 0.326 e. The monoisotopic (exact) mass is 265 g/mol. The van der Waals surface area contributed by atoms with Crippen LogP contribution in [-0.2, 0) is 4.79 Å². The number of hydrogen-bond acceptors (Lipinski definition) is 3. The zero-order valence-electron chi connectivity index (χ0n) is 11.6. The van der Waals surface area contributed by atoms with E-state index in [2.05, 4.69) is 5.32 Å². The molecule has 0 saturated carbocycles. The molecule has 0 fully saturated rings. The highest BCUT2D eigenvalue weighted by Crippen LogP contribution is 2.20. The van der Waals surface area contributed by atoms with E-state index in [1.165, 1.54) is 7.11 Å². The fourth-order valence-corrected chi connectivity index (χ4v) is 1.73. The van der Waals surface area contributed by atoms with Crippen molar-refractivity contribution in [3.63, 3.8) is 0 Å². The number of carbonyl (C=O) groups is 2. The van der Waals surface area contributed by atoms with Gasteiger partial charge in [-0.25, -0.2) is 4.79 Å². The van der Waals surface area contributed by atoms with Gasteiger partial charge in [0.25, 0.3) is 5.91 Å². The van der Waals surface area contributed by atoms with Gasteiger partial charge in [0.05, 0.1) is 12.7 Å². The third-order valence-corrected chi connectivity index (χ3v) is 2.82. The van der Waals surface area contributed by atoms with Gasteiger partial charge < -0.3 is 15.2 Å². The quantitative estimate of drug-likeness (QED) is 0.851. The molecule has 0 aromatic heterocycles. The van der Waals surface area contributed by atoms with E-state index in [0.29, 0.717) is 11.3 Å². The van der Waals surface area contributed by atoms with Gasteiger partial charge in [0, 0.05) is 0 Å². The Bertz CT molecular complexity index is 482. The smallest absolute Gasteiger partial charge is 0.326 e. The lowest BCUT2D eigenvalue weighted by molar-refractivity contribution is -0.140. The topological polar surface area (TPSA) is 75.6 Å². The van der Waals surface area contributed by atoms with E-state index in [4.69, 9.17) is 9.84 Å². The average molecular weight is 265 g/mol. The third-order valence-electron chi connectivity index (χ3n) is 2.82. The summed E-state index contributed by atoms with van der Waals surface area (Å²) in [4.78, 5) is 23.2. The number of benzene rings is 1. The summed E-state index contributed by atoms with van der Waals surface area (Å²) in [7, 11) is 1.47. The van der Waals surface area contributed by atoms with Gasteiger partial charge in [-0.05, 0) is 25.0 Å². The van der Waals surface area contributed by atoms with Crippen LogP contribution in [0.5, 0.6) is 5.75 Å². The summed E-state index contributed by atoms with van der Waals surface area (Å²) in [5.74, 6) is -1.26. The highest BCUT2D eigenvalue weighted by Gasteiger charge is 2.25. The Morgan fingerprint density at radius 1 is 1.32 bits per heavy atom. The highest BCUT2D eigenvalue weighted by molar-refractivity contribution is 5.99. The number of carbonyl (C=O) groups excluding carboxylic acids is 1. The summed E-state index contributed by atoms with van der Waals surface area (Å²) in [6.45, 7) is 5.34. The first-order chi connectivity index (χ1) is 8.86. The minimum atomic E-state index is -1.05. The summed E-state index contributed by atoms with van der Waals surface area (Å²) < 4.78 is 5.12. The molecule has 1 amide bonds. The molecule has 0 radical (unpaired) electrons. The second-order valence-corrected chi connectivity index (χ2v) is 4.74. The Balaban J connectivity index is 3.00. The number of nitrogens with one attached hydrogen (secondary N) is 1. The molecule has 0 aliphatic carbocycles. The standard InChI is InChI=1S/C14H19NO4/c1-8(2)12(14(17)18)15-13(16)10-7-9(3)5-6-11(10)19-4/h5-8,12H,1-4H3,(H,15,16)(H,17,18). The molecule has 0 aliphatic heterocycles. The predicted molar refractivity (Wildman–Crippen MR) is 71.5 cm³/mol. The molecular weight excluding hydrogens is 246 g/mol. The van der Waals surface area contributed by atoms with Crippen molar-refractivity contribution < 1.29 is 19.4 Å². The molecule has 1 atom stereocenters. The largest absolute Gasteiger partial charge is 0.496 e. The van der Waals surface area contributed by atoms with Crippen molar-refractivity contribution in [1.29, 1.82) is 0 Å². The van der Waals surface area contributed by atoms with E-state index in [1.54, 1.807) is 26.0 Å². The predicted octanol–water partition coefficient (Wildman–Crippen LogP) is 1.84. The van der Waals surface area contributed by atoms with E-state index in [9.17, 15) is 9.59 Å². The number of amides is 1. The van der Waals surface area contributed by atoms with Crippen LogP contribution in [0.3, 0.4) is 0 Å². The number of aryl methyl sites for hydroxylation is 1. The number of methoxy groups -OCH3 is 1. The third kappa shape index (κ3) is 3.71. The summed E-state index contributed by atoms with van der Waals surface area (Å²) >= 11 is 0. The van der Waals surface area contributed by atoms with Crippen LogP contribution >= 0.6 is 0 Å². The number of ether oxygens (including phenoxy) is 1. The van der Waals surface area contributed by atoms with Crippen molar-refractivity contribution >= 4 is 11.9 Å². The molecule has 0 heterocycles. The summed E-state index contributed by atoms with van der Waals surface area (Å²) in [6.07, 6.45) is 0. The van der Waals surface area contributed by atoms with Crippen molar-refractivity contribution in [1.82, 2.24) is 5.32 Å². The molecule has 1 rings (SSSR count). The van der Waals surface area contributed by atoms with E-state index < -0.39 is 17.9 Å². The molecule has 1 aromatic rings. The van der Waals surface area contributed by atoms with Crippen molar-refractivity contribution in [2.45, 2.75) is 26.8 Å². The molecule has 0 aliphatic rings. The second kappa shape index (κ2) is 6.22. The maximum absolute atomic E-state index is 12.1. The lowest BCUT2D eigenvalue weighted by Crippen LogP contribution is -2.44. The first kappa shape index (κ1) is 15.0. The van der Waals surface area contributed by atoms with Crippen LogP contribution in [0.4, 0.5) is 0 Å². The van der Waals surface area contributed by atoms with E-state index >= 15 is 0 Å². The zero-order valence-corrected chi connectivity index (χ0v) is 11.6. The fraction of sp³-hybridized carbons (Fsp3) is 0.429. The molecule has 5 nitrogen and oxygen atoms in total. The Labute approximate surface area is 112 Å². The number of hydrogen-bond donors (Lipinski definition) is 2. The molecule has 19 heavy (non-hydrogen) atoms. The SMILES string of the molecule is COc1ccc(C)cc1C(=O)NC(C(=O)O)C(C)C. The van der Waals surface area contributed by atoms with Crippen molar-refractivity contribution in [3.05, 3.63) is 29.3 Å². The minimum absolute atomic E-state index is 0.197. The van der Waals surface area contributed by atoms with E-state index in [0.717, 1.165) is 5.56 Å². The first-order valence-electron chi connectivity index (χ1n) is 6.05. The normalized spacial score (nSPS) is 12.1. The van der Waals surface area contributed by atoms with Crippen LogP contribution in [0.2, 0.25) is 0 Å². The highest BCUT2D eigenvalue weighted by atomic mass is 16.5. The summed E-state index contributed by atoms with van der Waals surface area (Å²) in [5.41, 5.74) is 1.25. The summed E-state index contributed by atoms with van der Waals surface area (Å²) in [5, 5.41) is 11.6. The minimum Gasteiger partial charge on any atom is -0.496 e. The zero-order chi connectivity index (χ0) is 14.6. The van der Waals surface area contributed by atoms with Gasteiger partial charge in [0.15, 0.2) is 0 Å². The van der Waals surface area contributed by atoms with Crippen molar-refractivity contribution in [2.75, 3.05) is 7.11 Å². The maximum atomic E-state index is 12.1. The molecule has 0 spiro atoms. The van der Waals surface area contributed by atoms with Gasteiger partial charge in [0.1, 0.15) is 11.8 Å². The van der Waals surface area contributed by atoms with Crippen LogP contribution < -0.4 is 10.1 Å². The van der Waals surface area contributed by atoms with Gasteiger partial charge in [-0.15, -0.1) is 0 Å². The Hall–Kier alpha value is -2.04. The number of aliphatic carboxylic acids is 1. The fourth-order valence-electron chi connectivity index (χ4n) is 1.73. The average Bonchev–Trinajstić information content (AvgIpc) is 2.34. The molecule has 2 N–H and O–H groups in total. The van der Waals surface area contributed by atoms with Crippen LogP contribution in [0, 0.1) is 12.8 Å². The van der Waals surface area contributed by atoms with E-state index in [-0.39, 0.29) is 5.92 Å². The van der Waals surface area contributed by atoms with Crippen molar-refractivity contribution in [2.24, 2.45) is 5.92 Å². The van der Waals surface area contributed by atoms with Gasteiger partial charge >= 0.3 is 5.97 Å². The first-order valence-corrected chi connectivity index (χ1v) is 6.05. The Morgan fingerprint density at radius 2 is 1.95 bits per heavy atom. The van der Waals surface area contributed by atoms with E-state index in [1.807, 2.05) is 13.0 Å². The lowest BCUT2D eigenvalue weighted by atomic mass is 10.0. The number of carboxylic acids is 1. The molecule has 0 bridgehead atoms. The Kier molecular flexibility index (Phi) is 4.92. The van der Waals surface area contributed by atoms with Gasteiger partial charge in [0.2, 0.25) is 0 Å². The van der Waals surface area contributed by atoms with Crippen LogP contribution in [0.1, 0.15) is 29.8 Å². The molecule has 104 valence electrons. The molecule has 5 heteroatoms. The lowest BCUT2D eigenvalue weighted by Gasteiger charge is -2.18. The second-order valence-electron chi connectivity index (χ2n) is 4.74. The number of carboxylic acid groups (broad SMARTS) is 1. The molecule has 1 unspecified atom stereocenters. The molecule has 1 aromatic carbocycles. The van der Waals surface area contributed by atoms with Gasteiger partial charge in [-0.2, -0.15) is 0 Å². The van der Waals surface area contributed by atoms with Crippen LogP contribution in [0.25, 0.3) is 0 Å². The van der Waals surface area contributed by atoms with Gasteiger partial charge in [-0.1, -0.05) is 25.5 Å². The molecule has 0 saturated heterocycles. The summed E-state index contributed by atoms with van der Waals surface area (Å²) in [6, 6.07) is 4.27. The van der Waals surface area contributed by atoms with Crippen molar-refractivity contribution in [3.8, 4) is 5.75 Å². The Morgan fingerprint density at radius 3 is 2.42 bits per heavy atom. The van der Waals surface area contributed by atoms with Crippen LogP contribution in [-0.4, -0.2) is 30.1 Å².